The number of nitrogens with zero attached hydrogens (tertiary/aromatic N) is 2. The summed E-state index contributed by atoms with van der Waals surface area (Å²) in [7, 11) is 0. The SMILES string of the molecule is C=CCOC(=O)c1sc(N2C(=O)c3oc4ccc(Br)cc4c(=O)c3C2c2cccc(OCCCCC)c2)nc1C. The third-order valence-electron chi connectivity index (χ3n) is 6.53. The molecular weight excluding hydrogens is 596 g/mol. The van der Waals surface area contributed by atoms with Crippen LogP contribution in [-0.2, 0) is 4.74 Å². The molecule has 1 aliphatic rings. The number of hydrogen-bond donors (Lipinski definition) is 0. The Labute approximate surface area is 243 Å². The van der Waals surface area contributed by atoms with Crippen LogP contribution in [0.15, 0.2) is 68.8 Å². The third-order valence-corrected chi connectivity index (χ3v) is 8.16. The normalized spacial score (nSPS) is 14.4. The number of rotatable bonds is 10. The molecule has 3 heterocycles. The Bertz CT molecular complexity index is 1680. The summed E-state index contributed by atoms with van der Waals surface area (Å²) >= 11 is 4.45. The van der Waals surface area contributed by atoms with E-state index in [1.54, 1.807) is 25.1 Å². The van der Waals surface area contributed by atoms with Crippen LogP contribution in [-0.4, -0.2) is 30.1 Å². The number of thiazole rings is 1. The molecule has 0 fully saturated rings. The lowest BCUT2D eigenvalue weighted by Gasteiger charge is -2.23. The van der Waals surface area contributed by atoms with Crippen molar-refractivity contribution >= 4 is 55.2 Å². The molecule has 0 N–H and O–H groups in total. The standard InChI is InChI=1S/C30H27BrN2O6S/c1-4-6-7-14-37-20-10-8-9-18(15-20)24-23-25(34)21-16-19(31)11-12-22(21)39-26(23)28(35)33(24)30-32-17(3)27(40-30)29(36)38-13-5-2/h5,8-12,15-16,24H,2,4,6-7,13-14H2,1,3H3. The molecule has 1 unspecified atom stereocenters. The highest BCUT2D eigenvalue weighted by atomic mass is 79.9. The molecule has 0 saturated carbocycles. The van der Waals surface area contributed by atoms with Gasteiger partial charge in [0.25, 0.3) is 5.91 Å². The molecule has 2 aromatic heterocycles. The van der Waals surface area contributed by atoms with Crippen molar-refractivity contribution in [3.63, 3.8) is 0 Å². The molecule has 1 atom stereocenters. The zero-order valence-corrected chi connectivity index (χ0v) is 24.5. The zero-order valence-electron chi connectivity index (χ0n) is 22.1. The highest BCUT2D eigenvalue weighted by Crippen LogP contribution is 2.44. The summed E-state index contributed by atoms with van der Waals surface area (Å²) in [5.41, 5.74) is 1.27. The Morgan fingerprint density at radius 2 is 2.05 bits per heavy atom. The number of carbonyl (C=O) groups excluding carboxylic acids is 2. The fourth-order valence-corrected chi connectivity index (χ4v) is 6.00. The van der Waals surface area contributed by atoms with E-state index in [2.05, 4.69) is 34.4 Å². The molecule has 1 amide bonds. The summed E-state index contributed by atoms with van der Waals surface area (Å²) in [5.74, 6) is -0.501. The maximum atomic E-state index is 13.9. The van der Waals surface area contributed by atoms with Gasteiger partial charge in [-0.3, -0.25) is 14.5 Å². The first kappa shape index (κ1) is 27.8. The number of amides is 1. The number of aryl methyl sites for hydroxylation is 1. The number of aromatic nitrogens is 1. The number of benzene rings is 2. The molecule has 0 bridgehead atoms. The predicted molar refractivity (Wildman–Crippen MR) is 158 cm³/mol. The third kappa shape index (κ3) is 5.21. The van der Waals surface area contributed by atoms with Crippen LogP contribution in [0.3, 0.4) is 0 Å². The van der Waals surface area contributed by atoms with E-state index in [1.807, 2.05) is 24.3 Å². The molecular formula is C30H27BrN2O6S. The van der Waals surface area contributed by atoms with Crippen molar-refractivity contribution < 1.29 is 23.5 Å². The second kappa shape index (κ2) is 11.8. The van der Waals surface area contributed by atoms with E-state index in [9.17, 15) is 14.4 Å². The van der Waals surface area contributed by atoms with Gasteiger partial charge in [0.1, 0.15) is 22.8 Å². The van der Waals surface area contributed by atoms with Gasteiger partial charge in [0.15, 0.2) is 10.6 Å². The van der Waals surface area contributed by atoms with Crippen molar-refractivity contribution in [2.75, 3.05) is 18.1 Å². The van der Waals surface area contributed by atoms with E-state index >= 15 is 0 Å². The second-order valence-electron chi connectivity index (χ2n) is 9.32. The van der Waals surface area contributed by atoms with E-state index in [0.29, 0.717) is 39.1 Å². The lowest BCUT2D eigenvalue weighted by Crippen LogP contribution is -2.29. The average Bonchev–Trinajstić information content (AvgIpc) is 3.47. The Morgan fingerprint density at radius 1 is 1.23 bits per heavy atom. The first-order valence-corrected chi connectivity index (χ1v) is 14.5. The van der Waals surface area contributed by atoms with Crippen LogP contribution in [0.2, 0.25) is 0 Å². The maximum Gasteiger partial charge on any atom is 0.350 e. The van der Waals surface area contributed by atoms with Crippen molar-refractivity contribution in [3.05, 3.63) is 97.3 Å². The van der Waals surface area contributed by atoms with Crippen LogP contribution in [0.1, 0.15) is 69.3 Å². The second-order valence-corrected chi connectivity index (χ2v) is 11.2. The summed E-state index contributed by atoms with van der Waals surface area (Å²) < 4.78 is 17.9. The molecule has 206 valence electrons. The number of esters is 1. The molecule has 1 aliphatic heterocycles. The summed E-state index contributed by atoms with van der Waals surface area (Å²) in [6.07, 6.45) is 4.53. The van der Waals surface area contributed by atoms with Crippen LogP contribution in [0.25, 0.3) is 11.0 Å². The zero-order chi connectivity index (χ0) is 28.4. The Balaban J connectivity index is 1.65. The first-order valence-electron chi connectivity index (χ1n) is 12.9. The highest BCUT2D eigenvalue weighted by Gasteiger charge is 2.45. The quantitative estimate of drug-likeness (QED) is 0.107. The van der Waals surface area contributed by atoms with Crippen molar-refractivity contribution in [1.29, 1.82) is 0 Å². The minimum Gasteiger partial charge on any atom is -0.494 e. The maximum absolute atomic E-state index is 13.9. The lowest BCUT2D eigenvalue weighted by molar-refractivity contribution is 0.0554. The van der Waals surface area contributed by atoms with Gasteiger partial charge in [0.2, 0.25) is 5.76 Å². The fraction of sp³-hybridized carbons (Fsp3) is 0.267. The van der Waals surface area contributed by atoms with Gasteiger partial charge in [-0.1, -0.05) is 71.8 Å². The minimum absolute atomic E-state index is 0.0494. The molecule has 2 aromatic carbocycles. The number of halogens is 1. The molecule has 5 rings (SSSR count). The van der Waals surface area contributed by atoms with Crippen LogP contribution in [0.4, 0.5) is 5.13 Å². The van der Waals surface area contributed by atoms with E-state index in [1.165, 1.54) is 11.0 Å². The molecule has 0 radical (unpaired) electrons. The van der Waals surface area contributed by atoms with Gasteiger partial charge >= 0.3 is 5.97 Å². The van der Waals surface area contributed by atoms with Crippen LogP contribution < -0.4 is 15.1 Å². The number of fused-ring (bicyclic) bond motifs is 2. The summed E-state index contributed by atoms with van der Waals surface area (Å²) in [4.78, 5) is 46.7. The monoisotopic (exact) mass is 622 g/mol. The molecule has 0 saturated heterocycles. The number of unbranched alkanes of at least 4 members (excludes halogenated alkanes) is 2. The highest BCUT2D eigenvalue weighted by molar-refractivity contribution is 9.10. The lowest BCUT2D eigenvalue weighted by atomic mass is 9.98. The van der Waals surface area contributed by atoms with Crippen LogP contribution in [0, 0.1) is 6.92 Å². The number of hydrogen-bond acceptors (Lipinski definition) is 8. The number of carbonyl (C=O) groups is 2. The van der Waals surface area contributed by atoms with Gasteiger partial charge in [-0.15, -0.1) is 0 Å². The van der Waals surface area contributed by atoms with E-state index in [-0.39, 0.29) is 33.4 Å². The largest absolute Gasteiger partial charge is 0.494 e. The predicted octanol–water partition coefficient (Wildman–Crippen LogP) is 6.98. The van der Waals surface area contributed by atoms with Crippen molar-refractivity contribution in [2.45, 2.75) is 39.2 Å². The van der Waals surface area contributed by atoms with Gasteiger partial charge in [0.05, 0.1) is 29.3 Å². The summed E-state index contributed by atoms with van der Waals surface area (Å²) in [6.45, 7) is 7.98. The van der Waals surface area contributed by atoms with Gasteiger partial charge in [-0.2, -0.15) is 0 Å². The molecule has 10 heteroatoms. The molecule has 8 nitrogen and oxygen atoms in total. The van der Waals surface area contributed by atoms with Gasteiger partial charge in [-0.05, 0) is 49.2 Å². The average molecular weight is 624 g/mol. The molecule has 40 heavy (non-hydrogen) atoms. The van der Waals surface area contributed by atoms with Gasteiger partial charge < -0.3 is 13.9 Å². The van der Waals surface area contributed by atoms with E-state index < -0.39 is 17.9 Å². The minimum atomic E-state index is -0.844. The Morgan fingerprint density at radius 3 is 2.83 bits per heavy atom. The van der Waals surface area contributed by atoms with E-state index in [0.717, 1.165) is 30.6 Å². The first-order chi connectivity index (χ1) is 19.3. The van der Waals surface area contributed by atoms with Crippen LogP contribution in [0.5, 0.6) is 5.75 Å². The summed E-state index contributed by atoms with van der Waals surface area (Å²) in [5, 5.41) is 0.604. The van der Waals surface area contributed by atoms with Crippen molar-refractivity contribution in [3.8, 4) is 5.75 Å². The topological polar surface area (TPSA) is 98.9 Å². The number of anilines is 1. The molecule has 4 aromatic rings. The molecule has 0 aliphatic carbocycles. The van der Waals surface area contributed by atoms with Gasteiger partial charge in [-0.25, -0.2) is 9.78 Å². The molecule has 0 spiro atoms. The van der Waals surface area contributed by atoms with Gasteiger partial charge in [0, 0.05) is 4.47 Å². The smallest absolute Gasteiger partial charge is 0.350 e. The van der Waals surface area contributed by atoms with Crippen LogP contribution >= 0.6 is 27.3 Å². The number of ether oxygens (including phenoxy) is 2. The van der Waals surface area contributed by atoms with Crippen molar-refractivity contribution in [1.82, 2.24) is 4.98 Å². The van der Waals surface area contributed by atoms with E-state index in [4.69, 9.17) is 13.9 Å². The summed E-state index contributed by atoms with van der Waals surface area (Å²) in [6, 6.07) is 11.6. The Hall–Kier alpha value is -3.76. The van der Waals surface area contributed by atoms with Crippen molar-refractivity contribution in [2.24, 2.45) is 0 Å². The Kier molecular flexibility index (Phi) is 8.18. The fourth-order valence-electron chi connectivity index (χ4n) is 4.65.